The minimum Gasteiger partial charge on any atom is -0.487 e. The van der Waals surface area contributed by atoms with E-state index in [0.717, 1.165) is 16.2 Å². The minimum atomic E-state index is 0.482. The Morgan fingerprint density at radius 3 is 2.58 bits per heavy atom. The molecule has 19 heavy (non-hydrogen) atoms. The molecule has 2 aromatic rings. The first-order chi connectivity index (χ1) is 9.35. The van der Waals surface area contributed by atoms with Gasteiger partial charge in [0.2, 0.25) is 0 Å². The van der Waals surface area contributed by atoms with E-state index in [1.54, 1.807) is 11.8 Å². The van der Waals surface area contributed by atoms with Crippen molar-refractivity contribution in [1.29, 1.82) is 5.26 Å². The summed E-state index contributed by atoms with van der Waals surface area (Å²) in [6.07, 6.45) is 0. The van der Waals surface area contributed by atoms with Crippen molar-refractivity contribution >= 4 is 11.8 Å². The van der Waals surface area contributed by atoms with Crippen LogP contribution in [0.15, 0.2) is 53.4 Å². The van der Waals surface area contributed by atoms with E-state index in [-0.39, 0.29) is 0 Å². The van der Waals surface area contributed by atoms with E-state index in [2.05, 4.69) is 13.0 Å². The Morgan fingerprint density at radius 2 is 1.89 bits per heavy atom. The maximum Gasteiger partial charge on any atom is 0.138 e. The Labute approximate surface area is 118 Å². The normalized spacial score (nSPS) is 9.89. The van der Waals surface area contributed by atoms with E-state index in [1.165, 1.54) is 0 Å². The van der Waals surface area contributed by atoms with Gasteiger partial charge in [0.1, 0.15) is 24.0 Å². The zero-order valence-corrected chi connectivity index (χ0v) is 11.6. The second-order valence-electron chi connectivity index (χ2n) is 3.95. The topological polar surface area (TPSA) is 33.0 Å². The number of rotatable bonds is 5. The minimum absolute atomic E-state index is 0.482. The molecule has 0 fully saturated rings. The van der Waals surface area contributed by atoms with Crippen LogP contribution in [0.3, 0.4) is 0 Å². The lowest BCUT2D eigenvalue weighted by Gasteiger charge is -2.10. The van der Waals surface area contributed by atoms with Crippen molar-refractivity contribution in [2.24, 2.45) is 0 Å². The Bertz CT molecular complexity index is 575. The van der Waals surface area contributed by atoms with E-state index >= 15 is 0 Å². The monoisotopic (exact) mass is 269 g/mol. The van der Waals surface area contributed by atoms with Gasteiger partial charge in [-0.2, -0.15) is 5.26 Å². The van der Waals surface area contributed by atoms with Crippen LogP contribution in [0.5, 0.6) is 5.75 Å². The molecule has 0 atom stereocenters. The van der Waals surface area contributed by atoms with Crippen molar-refractivity contribution in [2.75, 3.05) is 5.75 Å². The molecule has 0 amide bonds. The molecule has 96 valence electrons. The van der Waals surface area contributed by atoms with Gasteiger partial charge < -0.3 is 4.74 Å². The highest BCUT2D eigenvalue weighted by Gasteiger charge is 2.09. The van der Waals surface area contributed by atoms with Crippen molar-refractivity contribution in [3.63, 3.8) is 0 Å². The number of nitriles is 1. The van der Waals surface area contributed by atoms with Crippen molar-refractivity contribution in [2.45, 2.75) is 18.4 Å². The molecule has 0 saturated carbocycles. The average Bonchev–Trinajstić information content (AvgIpc) is 2.46. The fourth-order valence-electron chi connectivity index (χ4n) is 1.75. The molecule has 0 spiro atoms. The summed E-state index contributed by atoms with van der Waals surface area (Å²) in [7, 11) is 0. The summed E-state index contributed by atoms with van der Waals surface area (Å²) in [5, 5.41) is 9.28. The van der Waals surface area contributed by atoms with Gasteiger partial charge in [-0.25, -0.2) is 0 Å². The second-order valence-corrected chi connectivity index (χ2v) is 5.25. The molecule has 0 aliphatic rings. The molecule has 0 N–H and O–H groups in total. The molecular weight excluding hydrogens is 254 g/mol. The third kappa shape index (κ3) is 3.52. The largest absolute Gasteiger partial charge is 0.487 e. The van der Waals surface area contributed by atoms with Crippen LogP contribution in [0.4, 0.5) is 0 Å². The molecule has 0 unspecified atom stereocenters. The number of thioether (sulfide) groups is 1. The number of hydrogen-bond donors (Lipinski definition) is 0. The summed E-state index contributed by atoms with van der Waals surface area (Å²) < 4.78 is 5.77. The Morgan fingerprint density at radius 1 is 1.11 bits per heavy atom. The van der Waals surface area contributed by atoms with Gasteiger partial charge in [-0.05, 0) is 23.4 Å². The lowest BCUT2D eigenvalue weighted by atomic mass is 10.2. The van der Waals surface area contributed by atoms with Crippen LogP contribution in [0.25, 0.3) is 0 Å². The molecule has 3 heteroatoms. The molecule has 2 nitrogen and oxygen atoms in total. The maximum absolute atomic E-state index is 9.28. The van der Waals surface area contributed by atoms with Gasteiger partial charge in [0, 0.05) is 4.90 Å². The SMILES string of the molecule is CCSc1cccc(OCc2ccccc2)c1C#N. The highest BCUT2D eigenvalue weighted by molar-refractivity contribution is 7.99. The van der Waals surface area contributed by atoms with Crippen molar-refractivity contribution in [1.82, 2.24) is 0 Å². The molecule has 0 radical (unpaired) electrons. The molecule has 0 aliphatic heterocycles. The summed E-state index contributed by atoms with van der Waals surface area (Å²) in [6, 6.07) is 17.9. The van der Waals surface area contributed by atoms with E-state index < -0.39 is 0 Å². The molecule has 2 rings (SSSR count). The summed E-state index contributed by atoms with van der Waals surface area (Å²) in [4.78, 5) is 0.982. The van der Waals surface area contributed by atoms with Gasteiger partial charge in [0.25, 0.3) is 0 Å². The third-order valence-electron chi connectivity index (χ3n) is 2.64. The first-order valence-electron chi connectivity index (χ1n) is 6.17. The van der Waals surface area contributed by atoms with E-state index in [0.29, 0.717) is 17.9 Å². The van der Waals surface area contributed by atoms with Crippen LogP contribution >= 0.6 is 11.8 Å². The fraction of sp³-hybridized carbons (Fsp3) is 0.188. The zero-order valence-electron chi connectivity index (χ0n) is 10.8. The highest BCUT2D eigenvalue weighted by atomic mass is 32.2. The molecule has 0 heterocycles. The van der Waals surface area contributed by atoms with E-state index in [9.17, 15) is 5.26 Å². The van der Waals surface area contributed by atoms with Crippen molar-refractivity contribution in [3.05, 3.63) is 59.7 Å². The van der Waals surface area contributed by atoms with Crippen LogP contribution in [0, 0.1) is 11.3 Å². The Balaban J connectivity index is 2.16. The Kier molecular flexibility index (Phi) is 4.88. The summed E-state index contributed by atoms with van der Waals surface area (Å²) in [6.45, 7) is 2.55. The summed E-state index contributed by atoms with van der Waals surface area (Å²) in [5.74, 6) is 1.60. The van der Waals surface area contributed by atoms with Gasteiger partial charge in [-0.3, -0.25) is 0 Å². The molecule has 0 saturated heterocycles. The van der Waals surface area contributed by atoms with E-state index in [1.807, 2.05) is 48.5 Å². The zero-order chi connectivity index (χ0) is 13.5. The van der Waals surface area contributed by atoms with Gasteiger partial charge in [0.15, 0.2) is 0 Å². The lowest BCUT2D eigenvalue weighted by Crippen LogP contribution is -1.98. The predicted octanol–water partition coefficient (Wildman–Crippen LogP) is 4.25. The van der Waals surface area contributed by atoms with Crippen LogP contribution in [0.1, 0.15) is 18.1 Å². The first-order valence-corrected chi connectivity index (χ1v) is 7.16. The molecule has 0 bridgehead atoms. The quantitative estimate of drug-likeness (QED) is 0.761. The molecule has 0 aliphatic carbocycles. The third-order valence-corrected chi connectivity index (χ3v) is 3.58. The van der Waals surface area contributed by atoms with Crippen molar-refractivity contribution < 1.29 is 4.74 Å². The van der Waals surface area contributed by atoms with Crippen LogP contribution in [-0.4, -0.2) is 5.75 Å². The standard InChI is InChI=1S/C16H15NOS/c1-2-19-16-10-6-9-15(14(16)11-17)18-12-13-7-4-3-5-8-13/h3-10H,2,12H2,1H3. The van der Waals surface area contributed by atoms with Gasteiger partial charge in [-0.15, -0.1) is 11.8 Å². The second kappa shape index (κ2) is 6.86. The smallest absolute Gasteiger partial charge is 0.138 e. The number of nitrogens with zero attached hydrogens (tertiary/aromatic N) is 1. The average molecular weight is 269 g/mol. The molecular formula is C16H15NOS. The van der Waals surface area contributed by atoms with Crippen LogP contribution in [0.2, 0.25) is 0 Å². The van der Waals surface area contributed by atoms with Crippen LogP contribution < -0.4 is 4.74 Å². The van der Waals surface area contributed by atoms with Gasteiger partial charge >= 0.3 is 0 Å². The lowest BCUT2D eigenvalue weighted by molar-refractivity contribution is 0.304. The Hall–Kier alpha value is -1.92. The molecule has 2 aromatic carbocycles. The number of hydrogen-bond acceptors (Lipinski definition) is 3. The maximum atomic E-state index is 9.28. The molecule has 0 aromatic heterocycles. The first kappa shape index (κ1) is 13.5. The van der Waals surface area contributed by atoms with Crippen molar-refractivity contribution in [3.8, 4) is 11.8 Å². The fourth-order valence-corrected chi connectivity index (χ4v) is 2.53. The summed E-state index contributed by atoms with van der Waals surface area (Å²) in [5.41, 5.74) is 1.73. The highest BCUT2D eigenvalue weighted by Crippen LogP contribution is 2.29. The number of benzene rings is 2. The van der Waals surface area contributed by atoms with Gasteiger partial charge in [-0.1, -0.05) is 43.3 Å². The van der Waals surface area contributed by atoms with E-state index in [4.69, 9.17) is 4.74 Å². The predicted molar refractivity (Wildman–Crippen MR) is 78.3 cm³/mol. The summed E-state index contributed by atoms with van der Waals surface area (Å²) >= 11 is 1.66. The van der Waals surface area contributed by atoms with Gasteiger partial charge in [0.05, 0.1) is 0 Å². The number of ether oxygens (including phenoxy) is 1. The van der Waals surface area contributed by atoms with Crippen LogP contribution in [-0.2, 0) is 6.61 Å².